The van der Waals surface area contributed by atoms with E-state index in [2.05, 4.69) is 4.98 Å². The Balaban J connectivity index is 1.87. The molecule has 0 aliphatic carbocycles. The second-order valence-electron chi connectivity index (χ2n) is 4.48. The molecule has 1 aromatic carbocycles. The predicted molar refractivity (Wildman–Crippen MR) is 74.1 cm³/mol. The number of hydrogen-bond acceptors (Lipinski definition) is 5. The van der Waals surface area contributed by atoms with E-state index in [9.17, 15) is 0 Å². The van der Waals surface area contributed by atoms with Crippen LogP contribution in [0.25, 0.3) is 0 Å². The second kappa shape index (κ2) is 5.38. The van der Waals surface area contributed by atoms with Gasteiger partial charge >= 0.3 is 0 Å². The monoisotopic (exact) mass is 272 g/mol. The molecule has 0 bridgehead atoms. The molecule has 1 aromatic heterocycles. The summed E-state index contributed by atoms with van der Waals surface area (Å²) in [6.07, 6.45) is 0.839. The van der Waals surface area contributed by atoms with Gasteiger partial charge in [-0.2, -0.15) is 0 Å². The van der Waals surface area contributed by atoms with Crippen molar-refractivity contribution in [2.45, 2.75) is 19.9 Å². The van der Waals surface area contributed by atoms with E-state index >= 15 is 0 Å². The Morgan fingerprint density at radius 1 is 1.20 bits per heavy atom. The van der Waals surface area contributed by atoms with Gasteiger partial charge in [-0.25, -0.2) is 4.98 Å². The van der Waals surface area contributed by atoms with Crippen molar-refractivity contribution in [2.24, 2.45) is 5.73 Å². The lowest BCUT2D eigenvalue weighted by Crippen LogP contribution is -2.00. The summed E-state index contributed by atoms with van der Waals surface area (Å²) in [5, 5.41) is 0. The fourth-order valence-electron chi connectivity index (χ4n) is 2.03. The molecule has 0 unspecified atom stereocenters. The summed E-state index contributed by atoms with van der Waals surface area (Å²) in [7, 11) is 0. The lowest BCUT2D eigenvalue weighted by atomic mass is 10.2. The van der Waals surface area contributed by atoms with Gasteiger partial charge in [-0.15, -0.1) is 0 Å². The van der Waals surface area contributed by atoms with E-state index in [0.29, 0.717) is 23.9 Å². The van der Waals surface area contributed by atoms with Crippen LogP contribution in [0, 0.1) is 0 Å². The van der Waals surface area contributed by atoms with E-state index < -0.39 is 0 Å². The first kappa shape index (κ1) is 12.7. The highest BCUT2D eigenvalue weighted by atomic mass is 16.7. The van der Waals surface area contributed by atoms with Gasteiger partial charge in [0.25, 0.3) is 0 Å². The number of ether oxygens (including phenoxy) is 3. The van der Waals surface area contributed by atoms with Crippen molar-refractivity contribution in [1.82, 2.24) is 4.98 Å². The van der Waals surface area contributed by atoms with Crippen LogP contribution in [0.3, 0.4) is 0 Å². The van der Waals surface area contributed by atoms with Gasteiger partial charge < -0.3 is 19.9 Å². The highest BCUT2D eigenvalue weighted by Gasteiger charge is 2.14. The summed E-state index contributed by atoms with van der Waals surface area (Å²) >= 11 is 0. The number of benzene rings is 1. The molecule has 2 heterocycles. The third-order valence-corrected chi connectivity index (χ3v) is 3.08. The summed E-state index contributed by atoms with van der Waals surface area (Å²) in [5.74, 6) is 2.63. The van der Waals surface area contributed by atoms with Crippen LogP contribution in [0.4, 0.5) is 0 Å². The molecule has 3 rings (SSSR count). The molecule has 0 fully saturated rings. The second-order valence-corrected chi connectivity index (χ2v) is 4.48. The van der Waals surface area contributed by atoms with Crippen molar-refractivity contribution in [3.8, 4) is 23.1 Å². The van der Waals surface area contributed by atoms with Crippen LogP contribution in [0.2, 0.25) is 0 Å². The zero-order valence-corrected chi connectivity index (χ0v) is 11.3. The lowest BCUT2D eigenvalue weighted by Gasteiger charge is -2.09. The van der Waals surface area contributed by atoms with Crippen LogP contribution < -0.4 is 19.9 Å². The van der Waals surface area contributed by atoms with Crippen molar-refractivity contribution in [3.05, 3.63) is 41.6 Å². The zero-order valence-electron chi connectivity index (χ0n) is 11.3. The molecule has 2 aromatic rings. The van der Waals surface area contributed by atoms with Gasteiger partial charge in [0.15, 0.2) is 11.5 Å². The molecule has 5 nitrogen and oxygen atoms in total. The van der Waals surface area contributed by atoms with Crippen LogP contribution in [-0.4, -0.2) is 11.8 Å². The largest absolute Gasteiger partial charge is 0.454 e. The molecule has 0 saturated carbocycles. The van der Waals surface area contributed by atoms with E-state index in [0.717, 1.165) is 23.4 Å². The average molecular weight is 272 g/mol. The van der Waals surface area contributed by atoms with Crippen molar-refractivity contribution in [2.75, 3.05) is 6.79 Å². The number of fused-ring (bicyclic) bond motifs is 1. The first-order valence-electron chi connectivity index (χ1n) is 6.56. The van der Waals surface area contributed by atoms with E-state index in [1.165, 1.54) is 0 Å². The van der Waals surface area contributed by atoms with Gasteiger partial charge in [-0.3, -0.25) is 0 Å². The Kier molecular flexibility index (Phi) is 3.43. The molecular weight excluding hydrogens is 256 g/mol. The van der Waals surface area contributed by atoms with Crippen molar-refractivity contribution in [1.29, 1.82) is 0 Å². The van der Waals surface area contributed by atoms with E-state index in [4.69, 9.17) is 19.9 Å². The summed E-state index contributed by atoms with van der Waals surface area (Å²) in [5.41, 5.74) is 7.66. The molecule has 0 atom stereocenters. The standard InChI is InChI=1S/C15H16N2O3/c1-2-11-5-10(8-16)6-15(17-11)20-12-3-4-13-14(7-12)19-9-18-13/h3-7H,2,8-9,16H2,1H3. The number of nitrogens with two attached hydrogens (primary N) is 1. The smallest absolute Gasteiger partial charge is 0.231 e. The summed E-state index contributed by atoms with van der Waals surface area (Å²) in [6, 6.07) is 9.29. The molecule has 2 N–H and O–H groups in total. The number of aromatic nitrogens is 1. The molecule has 1 aliphatic rings. The van der Waals surface area contributed by atoms with Crippen LogP contribution in [0.1, 0.15) is 18.2 Å². The number of nitrogens with zero attached hydrogens (tertiary/aromatic N) is 1. The summed E-state index contributed by atoms with van der Waals surface area (Å²) < 4.78 is 16.4. The lowest BCUT2D eigenvalue weighted by molar-refractivity contribution is 0.174. The van der Waals surface area contributed by atoms with Gasteiger partial charge in [0.05, 0.1) is 0 Å². The number of rotatable bonds is 4. The zero-order chi connectivity index (χ0) is 13.9. The molecule has 0 amide bonds. The third kappa shape index (κ3) is 2.53. The van der Waals surface area contributed by atoms with Crippen molar-refractivity contribution < 1.29 is 14.2 Å². The molecule has 104 valence electrons. The SMILES string of the molecule is CCc1cc(CN)cc(Oc2ccc3c(c2)OCO3)n1. The first-order valence-corrected chi connectivity index (χ1v) is 6.56. The normalized spacial score (nSPS) is 12.5. The summed E-state index contributed by atoms with van der Waals surface area (Å²) in [4.78, 5) is 4.44. The van der Waals surface area contributed by atoms with E-state index in [1.807, 2.05) is 31.2 Å². The maximum Gasteiger partial charge on any atom is 0.231 e. The summed E-state index contributed by atoms with van der Waals surface area (Å²) in [6.45, 7) is 2.76. The van der Waals surface area contributed by atoms with E-state index in [-0.39, 0.29) is 6.79 Å². The van der Waals surface area contributed by atoms with Gasteiger partial charge in [-0.05, 0) is 30.2 Å². The van der Waals surface area contributed by atoms with Crippen LogP contribution >= 0.6 is 0 Å². The molecule has 20 heavy (non-hydrogen) atoms. The van der Waals surface area contributed by atoms with Crippen LogP contribution in [0.5, 0.6) is 23.1 Å². The number of aryl methyl sites for hydroxylation is 1. The van der Waals surface area contributed by atoms with Gasteiger partial charge in [-0.1, -0.05) is 6.92 Å². The van der Waals surface area contributed by atoms with Crippen LogP contribution in [0.15, 0.2) is 30.3 Å². The Labute approximate surface area is 117 Å². The molecule has 0 saturated heterocycles. The molecule has 0 radical (unpaired) electrons. The molecule has 5 heteroatoms. The van der Waals surface area contributed by atoms with Crippen molar-refractivity contribution >= 4 is 0 Å². The average Bonchev–Trinajstić information content (AvgIpc) is 2.94. The Hall–Kier alpha value is -2.27. The van der Waals surface area contributed by atoms with Crippen molar-refractivity contribution in [3.63, 3.8) is 0 Å². The fraction of sp³-hybridized carbons (Fsp3) is 0.267. The number of hydrogen-bond donors (Lipinski definition) is 1. The Morgan fingerprint density at radius 2 is 2.05 bits per heavy atom. The first-order chi connectivity index (χ1) is 9.78. The number of pyridine rings is 1. The highest BCUT2D eigenvalue weighted by molar-refractivity contribution is 5.47. The minimum atomic E-state index is 0.250. The highest BCUT2D eigenvalue weighted by Crippen LogP contribution is 2.36. The minimum Gasteiger partial charge on any atom is -0.454 e. The quantitative estimate of drug-likeness (QED) is 0.926. The predicted octanol–water partition coefficient (Wildman–Crippen LogP) is 2.62. The maximum atomic E-state index is 5.79. The Morgan fingerprint density at radius 3 is 2.85 bits per heavy atom. The van der Waals surface area contributed by atoms with Crippen LogP contribution in [-0.2, 0) is 13.0 Å². The molecular formula is C15H16N2O3. The Bertz CT molecular complexity index is 606. The van der Waals surface area contributed by atoms with Gasteiger partial charge in [0.2, 0.25) is 12.7 Å². The minimum absolute atomic E-state index is 0.250. The molecule has 1 aliphatic heterocycles. The topological polar surface area (TPSA) is 66.6 Å². The van der Waals surface area contributed by atoms with Gasteiger partial charge in [0, 0.05) is 24.4 Å². The fourth-order valence-corrected chi connectivity index (χ4v) is 2.03. The molecule has 0 spiro atoms. The third-order valence-electron chi connectivity index (χ3n) is 3.08. The maximum absolute atomic E-state index is 5.79. The van der Waals surface area contributed by atoms with Gasteiger partial charge in [0.1, 0.15) is 5.75 Å². The van der Waals surface area contributed by atoms with E-state index in [1.54, 1.807) is 6.07 Å².